The second kappa shape index (κ2) is 8.99. The second-order valence-corrected chi connectivity index (χ2v) is 7.61. The van der Waals surface area contributed by atoms with E-state index in [1.165, 1.54) is 24.2 Å². The van der Waals surface area contributed by atoms with Gasteiger partial charge in [0.15, 0.2) is 5.13 Å². The average Bonchev–Trinajstić information content (AvgIpc) is 3.03. The van der Waals surface area contributed by atoms with Gasteiger partial charge >= 0.3 is 0 Å². The highest BCUT2D eigenvalue weighted by molar-refractivity contribution is 7.13. The van der Waals surface area contributed by atoms with Gasteiger partial charge in [-0.3, -0.25) is 14.9 Å². The highest BCUT2D eigenvalue weighted by Gasteiger charge is 2.26. The van der Waals surface area contributed by atoms with Gasteiger partial charge in [-0.1, -0.05) is 25.7 Å². The molecule has 0 radical (unpaired) electrons. The number of nitrogens with zero attached hydrogens (tertiary/aromatic N) is 2. The van der Waals surface area contributed by atoms with Crippen molar-refractivity contribution in [2.24, 2.45) is 0 Å². The number of nitrogens with one attached hydrogen (secondary N) is 1. The zero-order valence-corrected chi connectivity index (χ0v) is 16.6. The lowest BCUT2D eigenvalue weighted by atomic mass is 10.0. The van der Waals surface area contributed by atoms with Crippen molar-refractivity contribution in [2.45, 2.75) is 51.5 Å². The van der Waals surface area contributed by atoms with E-state index in [1.54, 1.807) is 37.7 Å². The third kappa shape index (κ3) is 4.66. The van der Waals surface area contributed by atoms with Crippen molar-refractivity contribution in [3.63, 3.8) is 0 Å². The molecule has 0 aliphatic heterocycles. The van der Waals surface area contributed by atoms with Crippen molar-refractivity contribution < 1.29 is 14.3 Å². The van der Waals surface area contributed by atoms with E-state index in [1.807, 2.05) is 11.0 Å². The standard InChI is InChI=1S/C20H25N3O3S/c1-14(24)23(16-7-5-3-4-6-8-16)17-10-9-15(13-18(17)26-2)19(25)22-20-21-11-12-27-20/h9-13,16H,3-8H2,1-2H3,(H,21,22,25). The van der Waals surface area contributed by atoms with Gasteiger partial charge < -0.3 is 9.64 Å². The Kier molecular flexibility index (Phi) is 6.45. The molecule has 1 aromatic carbocycles. The number of ether oxygens (including phenoxy) is 1. The van der Waals surface area contributed by atoms with E-state index in [9.17, 15) is 9.59 Å². The zero-order chi connectivity index (χ0) is 19.2. The Morgan fingerprint density at radius 1 is 1.22 bits per heavy atom. The Hall–Kier alpha value is -2.41. The molecule has 27 heavy (non-hydrogen) atoms. The quantitative estimate of drug-likeness (QED) is 0.768. The number of amides is 2. The molecule has 1 aromatic heterocycles. The van der Waals surface area contributed by atoms with Crippen LogP contribution in [-0.2, 0) is 4.79 Å². The van der Waals surface area contributed by atoms with Crippen LogP contribution in [0.4, 0.5) is 10.8 Å². The number of methoxy groups -OCH3 is 1. The molecule has 7 heteroatoms. The van der Waals surface area contributed by atoms with Gasteiger partial charge in [0.2, 0.25) is 5.91 Å². The maximum Gasteiger partial charge on any atom is 0.257 e. The molecule has 2 amide bonds. The molecular weight excluding hydrogens is 362 g/mol. The first-order valence-corrected chi connectivity index (χ1v) is 10.2. The molecule has 0 bridgehead atoms. The van der Waals surface area contributed by atoms with Crippen LogP contribution >= 0.6 is 11.3 Å². The fourth-order valence-electron chi connectivity index (χ4n) is 3.61. The minimum absolute atomic E-state index is 0.000173. The summed E-state index contributed by atoms with van der Waals surface area (Å²) < 4.78 is 5.54. The van der Waals surface area contributed by atoms with Gasteiger partial charge in [0, 0.05) is 30.1 Å². The highest BCUT2D eigenvalue weighted by Crippen LogP contribution is 2.34. The van der Waals surface area contributed by atoms with Crippen LogP contribution in [0.5, 0.6) is 5.75 Å². The molecule has 1 aliphatic carbocycles. The van der Waals surface area contributed by atoms with E-state index in [4.69, 9.17) is 4.74 Å². The Morgan fingerprint density at radius 2 is 1.96 bits per heavy atom. The summed E-state index contributed by atoms with van der Waals surface area (Å²) in [6.07, 6.45) is 8.33. The first kappa shape index (κ1) is 19.4. The van der Waals surface area contributed by atoms with Gasteiger partial charge in [-0.25, -0.2) is 4.98 Å². The fraction of sp³-hybridized carbons (Fsp3) is 0.450. The number of carbonyl (C=O) groups excluding carboxylic acids is 2. The normalized spacial score (nSPS) is 15.0. The summed E-state index contributed by atoms with van der Waals surface area (Å²) in [7, 11) is 1.56. The summed E-state index contributed by atoms with van der Waals surface area (Å²) in [5.74, 6) is 0.278. The van der Waals surface area contributed by atoms with Crippen LogP contribution in [0.1, 0.15) is 55.8 Å². The predicted molar refractivity (Wildman–Crippen MR) is 108 cm³/mol. The number of thiazole rings is 1. The van der Waals surface area contributed by atoms with Crippen molar-refractivity contribution in [3.8, 4) is 5.75 Å². The van der Waals surface area contributed by atoms with Crippen molar-refractivity contribution in [2.75, 3.05) is 17.3 Å². The zero-order valence-electron chi connectivity index (χ0n) is 15.7. The Labute approximate surface area is 163 Å². The summed E-state index contributed by atoms with van der Waals surface area (Å²) in [6, 6.07) is 5.40. The van der Waals surface area contributed by atoms with Gasteiger partial charge in [0.25, 0.3) is 5.91 Å². The maximum atomic E-state index is 12.5. The molecule has 2 aromatic rings. The number of anilines is 2. The van der Waals surface area contributed by atoms with Crippen LogP contribution < -0.4 is 15.0 Å². The minimum Gasteiger partial charge on any atom is -0.495 e. The number of aromatic nitrogens is 1. The molecule has 1 heterocycles. The molecule has 1 aliphatic rings. The third-order valence-electron chi connectivity index (χ3n) is 4.88. The van der Waals surface area contributed by atoms with Gasteiger partial charge in [-0.05, 0) is 31.0 Å². The number of rotatable bonds is 5. The van der Waals surface area contributed by atoms with E-state index in [0.717, 1.165) is 31.4 Å². The molecule has 0 spiro atoms. The molecule has 0 atom stereocenters. The smallest absolute Gasteiger partial charge is 0.257 e. The van der Waals surface area contributed by atoms with Crippen LogP contribution in [0.25, 0.3) is 0 Å². The Bertz CT molecular complexity index is 784. The largest absolute Gasteiger partial charge is 0.495 e. The lowest BCUT2D eigenvalue weighted by Crippen LogP contribution is -2.39. The van der Waals surface area contributed by atoms with Crippen molar-refractivity contribution in [3.05, 3.63) is 35.3 Å². The molecule has 1 N–H and O–H groups in total. The molecule has 144 valence electrons. The van der Waals surface area contributed by atoms with E-state index >= 15 is 0 Å². The first-order chi connectivity index (χ1) is 13.1. The van der Waals surface area contributed by atoms with E-state index in [2.05, 4.69) is 10.3 Å². The van der Waals surface area contributed by atoms with Gasteiger partial charge in [0.05, 0.1) is 12.8 Å². The summed E-state index contributed by atoms with van der Waals surface area (Å²) in [6.45, 7) is 1.59. The predicted octanol–water partition coefficient (Wildman–Crippen LogP) is 4.48. The van der Waals surface area contributed by atoms with Gasteiger partial charge in [-0.2, -0.15) is 0 Å². The summed E-state index contributed by atoms with van der Waals surface area (Å²) in [5.41, 5.74) is 1.19. The topological polar surface area (TPSA) is 71.5 Å². The monoisotopic (exact) mass is 387 g/mol. The van der Waals surface area contributed by atoms with Crippen LogP contribution in [0.2, 0.25) is 0 Å². The van der Waals surface area contributed by atoms with Crippen molar-refractivity contribution in [1.29, 1.82) is 0 Å². The lowest BCUT2D eigenvalue weighted by molar-refractivity contribution is -0.117. The molecule has 6 nitrogen and oxygen atoms in total. The molecule has 3 rings (SSSR count). The summed E-state index contributed by atoms with van der Waals surface area (Å²) >= 11 is 1.36. The summed E-state index contributed by atoms with van der Waals surface area (Å²) in [4.78, 5) is 30.8. The van der Waals surface area contributed by atoms with Gasteiger partial charge in [-0.15, -0.1) is 11.3 Å². The Balaban J connectivity index is 1.87. The number of hydrogen-bond acceptors (Lipinski definition) is 5. The first-order valence-electron chi connectivity index (χ1n) is 9.29. The average molecular weight is 388 g/mol. The molecule has 0 unspecified atom stereocenters. The van der Waals surface area contributed by atoms with Crippen LogP contribution in [-0.4, -0.2) is 29.9 Å². The van der Waals surface area contributed by atoms with Gasteiger partial charge in [0.1, 0.15) is 5.75 Å². The van der Waals surface area contributed by atoms with Crippen molar-refractivity contribution >= 4 is 34.0 Å². The number of hydrogen-bond donors (Lipinski definition) is 1. The summed E-state index contributed by atoms with van der Waals surface area (Å²) in [5, 5.41) is 5.12. The van der Waals surface area contributed by atoms with E-state index < -0.39 is 0 Å². The number of benzene rings is 1. The maximum absolute atomic E-state index is 12.5. The Morgan fingerprint density at radius 3 is 2.56 bits per heavy atom. The lowest BCUT2D eigenvalue weighted by Gasteiger charge is -2.31. The highest BCUT2D eigenvalue weighted by atomic mass is 32.1. The van der Waals surface area contributed by atoms with Crippen LogP contribution in [0.15, 0.2) is 29.8 Å². The molecule has 0 saturated heterocycles. The molecule has 1 saturated carbocycles. The SMILES string of the molecule is COc1cc(C(=O)Nc2nccs2)ccc1N(C(C)=O)C1CCCCCC1. The van der Waals surface area contributed by atoms with Crippen LogP contribution in [0.3, 0.4) is 0 Å². The van der Waals surface area contributed by atoms with E-state index in [0.29, 0.717) is 16.4 Å². The van der Waals surface area contributed by atoms with Crippen LogP contribution in [0, 0.1) is 0 Å². The third-order valence-corrected chi connectivity index (χ3v) is 5.57. The van der Waals surface area contributed by atoms with Crippen molar-refractivity contribution in [1.82, 2.24) is 4.98 Å². The second-order valence-electron chi connectivity index (χ2n) is 6.71. The number of carbonyl (C=O) groups is 2. The van der Waals surface area contributed by atoms with E-state index in [-0.39, 0.29) is 17.9 Å². The fourth-order valence-corrected chi connectivity index (χ4v) is 4.14. The molecule has 1 fully saturated rings. The molecular formula is C20H25N3O3S. The minimum atomic E-state index is -0.251.